The minimum atomic E-state index is 0.466. The summed E-state index contributed by atoms with van der Waals surface area (Å²) in [6.45, 7) is 5.49. The Balaban J connectivity index is 1.43. The molecule has 2 aromatic heterocycles. The van der Waals surface area contributed by atoms with E-state index in [2.05, 4.69) is 37.6 Å². The van der Waals surface area contributed by atoms with Crippen molar-refractivity contribution in [2.45, 2.75) is 0 Å². The summed E-state index contributed by atoms with van der Waals surface area (Å²) in [6.07, 6.45) is 5.26. The molecule has 1 saturated heterocycles. The molecule has 0 bridgehead atoms. The number of pyridine rings is 1. The number of aromatic amines is 1. The predicted octanol–water partition coefficient (Wildman–Crippen LogP) is 4.14. The predicted molar refractivity (Wildman–Crippen MR) is 137 cm³/mol. The lowest BCUT2D eigenvalue weighted by Crippen LogP contribution is -2.44. The number of H-pyrrole nitrogens is 1. The third-order valence-electron chi connectivity index (χ3n) is 6.24. The second kappa shape index (κ2) is 10.5. The van der Waals surface area contributed by atoms with Crippen molar-refractivity contribution in [3.8, 4) is 28.7 Å². The molecule has 8 nitrogen and oxygen atoms in total. The summed E-state index contributed by atoms with van der Waals surface area (Å²) < 4.78 is 11.7. The van der Waals surface area contributed by atoms with Crippen molar-refractivity contribution in [2.75, 3.05) is 51.8 Å². The highest BCUT2D eigenvalue weighted by atomic mass is 16.5. The normalized spacial score (nSPS) is 13.9. The fraction of sp³-hybridized carbons (Fsp3) is 0.259. The highest BCUT2D eigenvalue weighted by Gasteiger charge is 2.16. The van der Waals surface area contributed by atoms with Crippen LogP contribution in [0.3, 0.4) is 0 Å². The molecule has 2 aromatic carbocycles. The average molecular weight is 469 g/mol. The van der Waals surface area contributed by atoms with Gasteiger partial charge in [0, 0.05) is 73.5 Å². The largest absolute Gasteiger partial charge is 0.493 e. The molecular weight excluding hydrogens is 440 g/mol. The van der Waals surface area contributed by atoms with Gasteiger partial charge in [-0.25, -0.2) is 0 Å². The van der Waals surface area contributed by atoms with Crippen molar-refractivity contribution in [3.05, 3.63) is 66.6 Å². The maximum absolute atomic E-state index is 9.79. The van der Waals surface area contributed by atoms with Gasteiger partial charge in [0.2, 0.25) is 0 Å². The number of piperazine rings is 1. The van der Waals surface area contributed by atoms with Gasteiger partial charge in [-0.2, -0.15) is 5.26 Å². The number of ether oxygens (including phenoxy) is 2. The van der Waals surface area contributed by atoms with Gasteiger partial charge < -0.3 is 25.1 Å². The Morgan fingerprint density at radius 3 is 2.80 bits per heavy atom. The lowest BCUT2D eigenvalue weighted by Gasteiger charge is -2.27. The van der Waals surface area contributed by atoms with E-state index in [0.717, 1.165) is 60.4 Å². The monoisotopic (exact) mass is 468 g/mol. The van der Waals surface area contributed by atoms with E-state index in [9.17, 15) is 5.26 Å². The number of benzene rings is 2. The van der Waals surface area contributed by atoms with Crippen LogP contribution in [0.5, 0.6) is 11.5 Å². The third-order valence-corrected chi connectivity index (χ3v) is 6.24. The number of aromatic nitrogens is 2. The van der Waals surface area contributed by atoms with Crippen LogP contribution in [0.4, 0.5) is 11.4 Å². The lowest BCUT2D eigenvalue weighted by atomic mass is 10.0. The van der Waals surface area contributed by atoms with Crippen LogP contribution >= 0.6 is 0 Å². The molecule has 0 radical (unpaired) electrons. The smallest absolute Gasteiger partial charge is 0.161 e. The van der Waals surface area contributed by atoms with Gasteiger partial charge in [-0.05, 0) is 42.0 Å². The van der Waals surface area contributed by atoms with Gasteiger partial charge >= 0.3 is 0 Å². The quantitative estimate of drug-likeness (QED) is 0.358. The second-order valence-corrected chi connectivity index (χ2v) is 8.43. The molecule has 0 spiro atoms. The van der Waals surface area contributed by atoms with Crippen LogP contribution in [-0.2, 0) is 0 Å². The number of nitriles is 1. The summed E-state index contributed by atoms with van der Waals surface area (Å²) in [5.41, 5.74) is 4.82. The van der Waals surface area contributed by atoms with Gasteiger partial charge in [-0.1, -0.05) is 6.07 Å². The van der Waals surface area contributed by atoms with Crippen molar-refractivity contribution >= 4 is 22.3 Å². The van der Waals surface area contributed by atoms with Crippen LogP contribution in [0.2, 0.25) is 0 Å². The van der Waals surface area contributed by atoms with E-state index in [1.54, 1.807) is 19.5 Å². The van der Waals surface area contributed by atoms with Gasteiger partial charge in [-0.3, -0.25) is 9.88 Å². The third kappa shape index (κ3) is 5.06. The van der Waals surface area contributed by atoms with Crippen LogP contribution in [0, 0.1) is 11.3 Å². The molecule has 0 amide bonds. The van der Waals surface area contributed by atoms with E-state index in [0.29, 0.717) is 29.4 Å². The Bertz CT molecular complexity index is 1350. The lowest BCUT2D eigenvalue weighted by molar-refractivity contribution is 0.188. The fourth-order valence-electron chi connectivity index (χ4n) is 4.35. The molecule has 35 heavy (non-hydrogen) atoms. The zero-order valence-corrected chi connectivity index (χ0v) is 19.7. The first kappa shape index (κ1) is 22.7. The minimum absolute atomic E-state index is 0.466. The maximum atomic E-state index is 9.79. The zero-order valence-electron chi connectivity index (χ0n) is 19.7. The number of hydrogen-bond donors (Lipinski definition) is 3. The van der Waals surface area contributed by atoms with E-state index >= 15 is 0 Å². The number of nitrogens with zero attached hydrogens (tertiary/aromatic N) is 3. The first-order valence-electron chi connectivity index (χ1n) is 11.7. The Hall–Kier alpha value is -4.06. The Labute approximate surface area is 204 Å². The standard InChI is InChI=1S/C27H28N6O2/c1-34-25-5-2-19(15-26(25)35-13-12-33-10-8-29-9-11-33)23-18-30-17-21(16-28)27(23)32-22-3-4-24-20(14-22)6-7-31-24/h2-7,14-15,17-18,29,31H,8-13H2,1H3,(H,30,32). The summed E-state index contributed by atoms with van der Waals surface area (Å²) in [5.74, 6) is 1.34. The summed E-state index contributed by atoms with van der Waals surface area (Å²) in [4.78, 5) is 9.91. The second-order valence-electron chi connectivity index (χ2n) is 8.43. The SMILES string of the molecule is COc1ccc(-c2cncc(C#N)c2Nc2ccc3[nH]ccc3c2)cc1OCCN1CCNCC1. The number of fused-ring (bicyclic) bond motifs is 1. The summed E-state index contributed by atoms with van der Waals surface area (Å²) >= 11 is 0. The molecular formula is C27H28N6O2. The molecule has 0 atom stereocenters. The Morgan fingerprint density at radius 1 is 1.09 bits per heavy atom. The number of methoxy groups -OCH3 is 1. The van der Waals surface area contributed by atoms with E-state index < -0.39 is 0 Å². The van der Waals surface area contributed by atoms with Gasteiger partial charge in [0.1, 0.15) is 12.7 Å². The van der Waals surface area contributed by atoms with Crippen molar-refractivity contribution in [1.82, 2.24) is 20.2 Å². The molecule has 5 rings (SSSR count). The maximum Gasteiger partial charge on any atom is 0.161 e. The molecule has 0 saturated carbocycles. The molecule has 8 heteroatoms. The Kier molecular flexibility index (Phi) is 6.80. The van der Waals surface area contributed by atoms with Crippen LogP contribution in [0.15, 0.2) is 61.1 Å². The minimum Gasteiger partial charge on any atom is -0.493 e. The van der Waals surface area contributed by atoms with Crippen LogP contribution in [0.25, 0.3) is 22.0 Å². The first-order valence-corrected chi connectivity index (χ1v) is 11.7. The molecule has 178 valence electrons. The van der Waals surface area contributed by atoms with Gasteiger partial charge in [0.05, 0.1) is 18.4 Å². The number of hydrogen-bond acceptors (Lipinski definition) is 7. The molecule has 3 heterocycles. The van der Waals surface area contributed by atoms with Gasteiger partial charge in [0.15, 0.2) is 11.5 Å². The topological polar surface area (TPSA) is 98.2 Å². The summed E-state index contributed by atoms with van der Waals surface area (Å²) in [5, 5.41) is 17.7. The highest BCUT2D eigenvalue weighted by molar-refractivity contribution is 5.88. The van der Waals surface area contributed by atoms with Crippen molar-refractivity contribution < 1.29 is 9.47 Å². The number of anilines is 2. The van der Waals surface area contributed by atoms with E-state index in [-0.39, 0.29) is 0 Å². The van der Waals surface area contributed by atoms with Crippen LogP contribution in [-0.4, -0.2) is 61.3 Å². The van der Waals surface area contributed by atoms with Crippen molar-refractivity contribution in [1.29, 1.82) is 5.26 Å². The van der Waals surface area contributed by atoms with E-state index in [1.807, 2.05) is 42.6 Å². The van der Waals surface area contributed by atoms with Crippen molar-refractivity contribution in [3.63, 3.8) is 0 Å². The number of nitrogens with one attached hydrogen (secondary N) is 3. The molecule has 1 aliphatic heterocycles. The highest BCUT2D eigenvalue weighted by Crippen LogP contribution is 2.37. The molecule has 4 aromatic rings. The molecule has 1 fully saturated rings. The first-order chi connectivity index (χ1) is 17.2. The Morgan fingerprint density at radius 2 is 1.97 bits per heavy atom. The van der Waals surface area contributed by atoms with E-state index in [4.69, 9.17) is 9.47 Å². The number of rotatable bonds is 8. The molecule has 1 aliphatic rings. The van der Waals surface area contributed by atoms with Gasteiger partial charge in [0.25, 0.3) is 0 Å². The average Bonchev–Trinajstić information content (AvgIpc) is 3.37. The molecule has 0 aliphatic carbocycles. The zero-order chi connectivity index (χ0) is 24.0. The van der Waals surface area contributed by atoms with Crippen molar-refractivity contribution in [2.24, 2.45) is 0 Å². The fourth-order valence-corrected chi connectivity index (χ4v) is 4.35. The summed E-state index contributed by atoms with van der Waals surface area (Å²) in [6, 6.07) is 16.2. The van der Waals surface area contributed by atoms with Crippen LogP contribution in [0.1, 0.15) is 5.56 Å². The van der Waals surface area contributed by atoms with Gasteiger partial charge in [-0.15, -0.1) is 0 Å². The summed E-state index contributed by atoms with van der Waals surface area (Å²) in [7, 11) is 1.64. The van der Waals surface area contributed by atoms with Crippen LogP contribution < -0.4 is 20.1 Å². The van der Waals surface area contributed by atoms with E-state index in [1.165, 1.54) is 0 Å². The molecule has 3 N–H and O–H groups in total. The molecule has 0 unspecified atom stereocenters.